The second kappa shape index (κ2) is 9.75. The maximum absolute atomic E-state index is 12.0. The highest BCUT2D eigenvalue weighted by molar-refractivity contribution is 5.73. The van der Waals surface area contributed by atoms with E-state index in [9.17, 15) is 14.7 Å². The molecule has 0 spiro atoms. The summed E-state index contributed by atoms with van der Waals surface area (Å²) in [5, 5.41) is 15.3. The molecule has 0 aliphatic carbocycles. The van der Waals surface area contributed by atoms with E-state index in [2.05, 4.69) is 10.6 Å². The number of hydrogen-bond acceptors (Lipinski definition) is 4. The van der Waals surface area contributed by atoms with E-state index in [1.807, 2.05) is 48.5 Å². The van der Waals surface area contributed by atoms with Crippen LogP contribution in [0.1, 0.15) is 61.3 Å². The van der Waals surface area contributed by atoms with E-state index in [1.54, 1.807) is 0 Å². The second-order valence-corrected chi connectivity index (χ2v) is 7.25. The predicted molar refractivity (Wildman–Crippen MR) is 91.5 cm³/mol. The number of ether oxygens (including phenoxy) is 1. The molecular weight excluding hydrogens is 296 g/mol. The maximum atomic E-state index is 12.0. The largest absolute Gasteiger partial charge is 0.480 e. The molecule has 6 heteroatoms. The van der Waals surface area contributed by atoms with E-state index < -0.39 is 23.7 Å². The molecule has 0 aliphatic heterocycles. The van der Waals surface area contributed by atoms with E-state index in [0.717, 1.165) is 12.8 Å². The molecule has 0 rings (SSSR count). The number of carbonyl (C=O) groups is 2. The molecule has 0 heterocycles. The number of nitrogens with one attached hydrogen (secondary N) is 2. The number of carboxylic acid groups (broad SMARTS) is 1. The van der Waals surface area contributed by atoms with Crippen molar-refractivity contribution in [2.45, 2.75) is 79.0 Å². The molecule has 0 aliphatic rings. The fraction of sp³-hybridized carbons (Fsp3) is 0.882. The summed E-state index contributed by atoms with van der Waals surface area (Å²) in [6.07, 6.45) is 1.18. The number of alkyl carbamates (subject to hydrolysis) is 1. The van der Waals surface area contributed by atoms with Crippen LogP contribution in [0.5, 0.6) is 0 Å². The number of carboxylic acids is 1. The van der Waals surface area contributed by atoms with Crippen LogP contribution in [0.25, 0.3) is 0 Å². The first-order valence-corrected chi connectivity index (χ1v) is 8.47. The van der Waals surface area contributed by atoms with Crippen LogP contribution >= 0.6 is 0 Å². The zero-order chi connectivity index (χ0) is 18.2. The van der Waals surface area contributed by atoms with Gasteiger partial charge in [0.15, 0.2) is 0 Å². The molecule has 0 radical (unpaired) electrons. The van der Waals surface area contributed by atoms with E-state index >= 15 is 0 Å². The number of aliphatic carboxylic acids is 1. The Kier molecular flexibility index (Phi) is 9.20. The van der Waals surface area contributed by atoms with Gasteiger partial charge in [-0.1, -0.05) is 40.5 Å². The highest BCUT2D eigenvalue weighted by Gasteiger charge is 2.27. The average Bonchev–Trinajstić information content (AvgIpc) is 2.42. The third kappa shape index (κ3) is 8.79. The van der Waals surface area contributed by atoms with Gasteiger partial charge < -0.3 is 20.5 Å². The summed E-state index contributed by atoms with van der Waals surface area (Å²) >= 11 is 0. The minimum atomic E-state index is -0.862. The lowest BCUT2D eigenvalue weighted by atomic mass is 9.96. The van der Waals surface area contributed by atoms with Crippen molar-refractivity contribution in [1.82, 2.24) is 10.6 Å². The number of amides is 1. The van der Waals surface area contributed by atoms with Gasteiger partial charge in [-0.25, -0.2) is 4.79 Å². The topological polar surface area (TPSA) is 87.7 Å². The Hall–Kier alpha value is -1.30. The Bertz CT molecular complexity index is 379. The highest BCUT2D eigenvalue weighted by Crippen LogP contribution is 2.12. The van der Waals surface area contributed by atoms with Gasteiger partial charge in [0.2, 0.25) is 0 Å². The van der Waals surface area contributed by atoms with Gasteiger partial charge in [-0.05, 0) is 32.6 Å². The van der Waals surface area contributed by atoms with Crippen molar-refractivity contribution in [1.29, 1.82) is 0 Å². The predicted octanol–water partition coefficient (Wildman–Crippen LogP) is 3.01. The first kappa shape index (κ1) is 21.7. The van der Waals surface area contributed by atoms with Crippen LogP contribution in [0.4, 0.5) is 4.79 Å². The van der Waals surface area contributed by atoms with Gasteiger partial charge in [0.05, 0.1) is 0 Å². The van der Waals surface area contributed by atoms with Gasteiger partial charge in [-0.2, -0.15) is 0 Å². The van der Waals surface area contributed by atoms with E-state index in [-0.39, 0.29) is 17.9 Å². The van der Waals surface area contributed by atoms with Crippen molar-refractivity contribution in [3.8, 4) is 0 Å². The Morgan fingerprint density at radius 1 is 1.09 bits per heavy atom. The Labute approximate surface area is 140 Å². The molecule has 1 unspecified atom stereocenters. The molecule has 0 saturated carbocycles. The standard InChI is InChI=1S/C17H34N2O4/c1-8-11(3)13(19-16(22)23-17(5,6)7)10-18-14(15(20)21)12(4)9-2/h11-14,18H,8-10H2,1-7H3,(H,19,22)(H,20,21)/t11?,12-,13+,14-/m0/s1. The van der Waals surface area contributed by atoms with Gasteiger partial charge in [0, 0.05) is 12.6 Å². The van der Waals surface area contributed by atoms with Crippen LogP contribution in [-0.4, -0.2) is 41.4 Å². The maximum Gasteiger partial charge on any atom is 0.407 e. The van der Waals surface area contributed by atoms with Crippen LogP contribution in [0.2, 0.25) is 0 Å². The molecule has 6 nitrogen and oxygen atoms in total. The normalized spacial score (nSPS) is 17.0. The molecule has 1 amide bonds. The van der Waals surface area contributed by atoms with Gasteiger partial charge in [0.25, 0.3) is 0 Å². The van der Waals surface area contributed by atoms with Crippen LogP contribution in [0, 0.1) is 11.8 Å². The fourth-order valence-electron chi connectivity index (χ4n) is 2.16. The van der Waals surface area contributed by atoms with E-state index in [0.29, 0.717) is 6.54 Å². The third-order valence-electron chi connectivity index (χ3n) is 4.07. The summed E-state index contributed by atoms with van der Waals surface area (Å²) in [6, 6.07) is -0.798. The smallest absolute Gasteiger partial charge is 0.407 e. The fourth-order valence-corrected chi connectivity index (χ4v) is 2.16. The summed E-state index contributed by atoms with van der Waals surface area (Å²) in [7, 11) is 0. The molecule has 23 heavy (non-hydrogen) atoms. The summed E-state index contributed by atoms with van der Waals surface area (Å²) in [6.45, 7) is 13.8. The lowest BCUT2D eigenvalue weighted by molar-refractivity contribution is -0.140. The number of hydrogen-bond donors (Lipinski definition) is 3. The lowest BCUT2D eigenvalue weighted by Crippen LogP contribution is -2.52. The zero-order valence-corrected chi connectivity index (χ0v) is 15.6. The summed E-state index contributed by atoms with van der Waals surface area (Å²) in [5.41, 5.74) is -0.558. The number of rotatable bonds is 9. The molecule has 0 bridgehead atoms. The lowest BCUT2D eigenvalue weighted by Gasteiger charge is -2.29. The van der Waals surface area contributed by atoms with Gasteiger partial charge in [0.1, 0.15) is 11.6 Å². The number of carbonyl (C=O) groups excluding carboxylic acids is 1. The highest BCUT2D eigenvalue weighted by atomic mass is 16.6. The first-order chi connectivity index (χ1) is 10.5. The Balaban J connectivity index is 4.79. The van der Waals surface area contributed by atoms with Gasteiger partial charge >= 0.3 is 12.1 Å². The van der Waals surface area contributed by atoms with Crippen molar-refractivity contribution in [3.63, 3.8) is 0 Å². The Morgan fingerprint density at radius 2 is 1.61 bits per heavy atom. The molecule has 0 fully saturated rings. The minimum Gasteiger partial charge on any atom is -0.480 e. The third-order valence-corrected chi connectivity index (χ3v) is 4.07. The molecule has 0 aromatic carbocycles. The summed E-state index contributed by atoms with van der Waals surface area (Å²) in [5.74, 6) is -0.632. The minimum absolute atomic E-state index is 0.0200. The first-order valence-electron chi connectivity index (χ1n) is 8.47. The Morgan fingerprint density at radius 3 is 2.00 bits per heavy atom. The van der Waals surface area contributed by atoms with Crippen molar-refractivity contribution in [2.24, 2.45) is 11.8 Å². The van der Waals surface area contributed by atoms with E-state index in [1.165, 1.54) is 0 Å². The molecule has 0 saturated heterocycles. The molecule has 0 aromatic rings. The second-order valence-electron chi connectivity index (χ2n) is 7.25. The molecule has 3 N–H and O–H groups in total. The quantitative estimate of drug-likeness (QED) is 0.605. The summed E-state index contributed by atoms with van der Waals surface area (Å²) < 4.78 is 5.29. The van der Waals surface area contributed by atoms with Crippen LogP contribution in [-0.2, 0) is 9.53 Å². The van der Waals surface area contributed by atoms with Gasteiger partial charge in [-0.3, -0.25) is 4.79 Å². The van der Waals surface area contributed by atoms with Crippen LogP contribution < -0.4 is 10.6 Å². The average molecular weight is 330 g/mol. The molecule has 0 aromatic heterocycles. The molecule has 136 valence electrons. The SMILES string of the molecule is CCC(C)[C@@H](CN[C@H](C(=O)O)[C@@H](C)CC)NC(=O)OC(C)(C)C. The van der Waals surface area contributed by atoms with Crippen molar-refractivity contribution < 1.29 is 19.4 Å². The van der Waals surface area contributed by atoms with Crippen molar-refractivity contribution in [2.75, 3.05) is 6.54 Å². The molecular formula is C17H34N2O4. The van der Waals surface area contributed by atoms with E-state index in [4.69, 9.17) is 4.74 Å². The molecule has 4 atom stereocenters. The van der Waals surface area contributed by atoms with Crippen LogP contribution in [0.15, 0.2) is 0 Å². The van der Waals surface area contributed by atoms with Gasteiger partial charge in [-0.15, -0.1) is 0 Å². The van der Waals surface area contributed by atoms with Crippen LogP contribution in [0.3, 0.4) is 0 Å². The monoisotopic (exact) mass is 330 g/mol. The summed E-state index contributed by atoms with van der Waals surface area (Å²) in [4.78, 5) is 23.4. The zero-order valence-electron chi connectivity index (χ0n) is 15.6. The van der Waals surface area contributed by atoms with Crippen molar-refractivity contribution in [3.05, 3.63) is 0 Å². The van der Waals surface area contributed by atoms with Crippen molar-refractivity contribution >= 4 is 12.1 Å².